The fraction of sp³-hybridized carbons (Fsp3) is 0.350. The number of nitriles is 1. The summed E-state index contributed by atoms with van der Waals surface area (Å²) in [6, 6.07) is 7.59. The lowest BCUT2D eigenvalue weighted by atomic mass is 10.1. The molecule has 1 fully saturated rings. The third-order valence-corrected chi connectivity index (χ3v) is 5.30. The Kier molecular flexibility index (Phi) is 6.09. The normalized spacial score (nSPS) is 13.7. The number of nitrogens with zero attached hydrogens (tertiary/aromatic N) is 2. The molecule has 1 aromatic carbocycles. The second-order valence-electron chi connectivity index (χ2n) is 6.25. The standard InChI is InChI=1S/C20H21N3O3S/c1-25-17-6-3-13(9-18(17)26-2)7-8-22-19(24)15(11-21)10-16-12-27-20(23-16)14-4-5-14/h3,6,9-10,12,14H,4-5,7-8H2,1-2H3,(H,22,24). The lowest BCUT2D eigenvalue weighted by molar-refractivity contribution is -0.117. The van der Waals surface area contributed by atoms with Crippen LogP contribution in [0.2, 0.25) is 0 Å². The highest BCUT2D eigenvalue weighted by molar-refractivity contribution is 7.09. The molecule has 1 aliphatic rings. The van der Waals surface area contributed by atoms with Crippen molar-refractivity contribution < 1.29 is 14.3 Å². The zero-order valence-corrected chi connectivity index (χ0v) is 16.1. The van der Waals surface area contributed by atoms with Crippen LogP contribution in [0.25, 0.3) is 6.08 Å². The summed E-state index contributed by atoms with van der Waals surface area (Å²) in [7, 11) is 3.17. The van der Waals surface area contributed by atoms with Gasteiger partial charge in [0.05, 0.1) is 24.9 Å². The number of nitrogens with one attached hydrogen (secondary N) is 1. The Hall–Kier alpha value is -2.85. The van der Waals surface area contributed by atoms with Crippen LogP contribution >= 0.6 is 11.3 Å². The Morgan fingerprint density at radius 3 is 2.81 bits per heavy atom. The number of carbonyl (C=O) groups excluding carboxylic acids is 1. The molecule has 7 heteroatoms. The molecule has 0 spiro atoms. The Bertz CT molecular complexity index is 894. The fourth-order valence-electron chi connectivity index (χ4n) is 2.63. The van der Waals surface area contributed by atoms with Crippen LogP contribution in [-0.4, -0.2) is 31.7 Å². The van der Waals surface area contributed by atoms with Crippen molar-refractivity contribution in [3.8, 4) is 17.6 Å². The molecule has 0 radical (unpaired) electrons. The van der Waals surface area contributed by atoms with Gasteiger partial charge in [-0.3, -0.25) is 4.79 Å². The van der Waals surface area contributed by atoms with E-state index in [4.69, 9.17) is 9.47 Å². The summed E-state index contributed by atoms with van der Waals surface area (Å²) in [4.78, 5) is 16.8. The summed E-state index contributed by atoms with van der Waals surface area (Å²) in [5.41, 5.74) is 1.74. The molecule has 27 heavy (non-hydrogen) atoms. The van der Waals surface area contributed by atoms with Gasteiger partial charge in [-0.25, -0.2) is 4.98 Å². The summed E-state index contributed by atoms with van der Waals surface area (Å²) >= 11 is 1.59. The first-order valence-electron chi connectivity index (χ1n) is 8.71. The molecule has 0 aliphatic heterocycles. The van der Waals surface area contributed by atoms with Crippen molar-refractivity contribution in [1.82, 2.24) is 10.3 Å². The lowest BCUT2D eigenvalue weighted by Crippen LogP contribution is -2.26. The minimum atomic E-state index is -0.390. The van der Waals surface area contributed by atoms with Crippen molar-refractivity contribution in [3.63, 3.8) is 0 Å². The minimum absolute atomic E-state index is 0.0648. The molecule has 0 unspecified atom stereocenters. The Labute approximate surface area is 162 Å². The summed E-state index contributed by atoms with van der Waals surface area (Å²) in [5, 5.41) is 15.1. The van der Waals surface area contributed by atoms with Crippen molar-refractivity contribution in [2.24, 2.45) is 0 Å². The van der Waals surface area contributed by atoms with Gasteiger partial charge in [-0.15, -0.1) is 11.3 Å². The molecular formula is C20H21N3O3S. The van der Waals surface area contributed by atoms with E-state index in [9.17, 15) is 10.1 Å². The molecule has 0 saturated heterocycles. The van der Waals surface area contributed by atoms with Gasteiger partial charge in [0, 0.05) is 17.8 Å². The molecular weight excluding hydrogens is 362 g/mol. The summed E-state index contributed by atoms with van der Waals surface area (Å²) in [6.45, 7) is 0.414. The molecule has 0 bridgehead atoms. The van der Waals surface area contributed by atoms with Gasteiger partial charge in [0.15, 0.2) is 11.5 Å². The highest BCUT2D eigenvalue weighted by atomic mass is 32.1. The van der Waals surface area contributed by atoms with E-state index in [-0.39, 0.29) is 11.5 Å². The van der Waals surface area contributed by atoms with E-state index < -0.39 is 0 Å². The van der Waals surface area contributed by atoms with Crippen LogP contribution < -0.4 is 14.8 Å². The van der Waals surface area contributed by atoms with Crippen LogP contribution in [0.3, 0.4) is 0 Å². The molecule has 1 heterocycles. The first-order chi connectivity index (χ1) is 13.1. The molecule has 2 aromatic rings. The zero-order chi connectivity index (χ0) is 19.2. The Morgan fingerprint density at radius 2 is 2.15 bits per heavy atom. The van der Waals surface area contributed by atoms with Crippen LogP contribution in [0.4, 0.5) is 0 Å². The van der Waals surface area contributed by atoms with Crippen molar-refractivity contribution in [1.29, 1.82) is 5.26 Å². The van der Waals surface area contributed by atoms with Gasteiger partial charge in [-0.2, -0.15) is 5.26 Å². The van der Waals surface area contributed by atoms with E-state index in [0.29, 0.717) is 36.1 Å². The van der Waals surface area contributed by atoms with Crippen LogP contribution in [0.1, 0.15) is 35.0 Å². The number of carbonyl (C=O) groups is 1. The third-order valence-electron chi connectivity index (χ3n) is 4.27. The SMILES string of the molecule is COc1ccc(CCNC(=O)C(C#N)=Cc2csc(C3CC3)n2)cc1OC. The Morgan fingerprint density at radius 1 is 1.37 bits per heavy atom. The topological polar surface area (TPSA) is 84.2 Å². The van der Waals surface area contributed by atoms with E-state index in [2.05, 4.69) is 10.3 Å². The highest BCUT2D eigenvalue weighted by Gasteiger charge is 2.26. The highest BCUT2D eigenvalue weighted by Crippen LogP contribution is 2.41. The summed E-state index contributed by atoms with van der Waals surface area (Å²) in [6.07, 6.45) is 4.53. The van der Waals surface area contributed by atoms with Crippen molar-refractivity contribution >= 4 is 23.3 Å². The van der Waals surface area contributed by atoms with E-state index in [0.717, 1.165) is 10.6 Å². The van der Waals surface area contributed by atoms with Crippen molar-refractivity contribution in [2.75, 3.05) is 20.8 Å². The maximum absolute atomic E-state index is 12.3. The largest absolute Gasteiger partial charge is 0.493 e. The predicted molar refractivity (Wildman–Crippen MR) is 104 cm³/mol. The van der Waals surface area contributed by atoms with Gasteiger partial charge in [0.25, 0.3) is 5.91 Å². The average Bonchev–Trinajstić information content (AvgIpc) is 3.44. The van der Waals surface area contributed by atoms with Crippen molar-refractivity contribution in [3.05, 3.63) is 45.4 Å². The number of thiazole rings is 1. The van der Waals surface area contributed by atoms with Crippen LogP contribution in [0.5, 0.6) is 11.5 Å². The van der Waals surface area contributed by atoms with Crippen molar-refractivity contribution in [2.45, 2.75) is 25.2 Å². The van der Waals surface area contributed by atoms with Gasteiger partial charge in [-0.05, 0) is 43.0 Å². The second-order valence-corrected chi connectivity index (χ2v) is 7.14. The van der Waals surface area contributed by atoms with Gasteiger partial charge in [-0.1, -0.05) is 6.07 Å². The molecule has 0 atom stereocenters. The minimum Gasteiger partial charge on any atom is -0.493 e. The van der Waals surface area contributed by atoms with E-state index in [1.807, 2.05) is 29.6 Å². The number of benzene rings is 1. The third kappa shape index (κ3) is 4.86. The fourth-order valence-corrected chi connectivity index (χ4v) is 3.58. The number of methoxy groups -OCH3 is 2. The van der Waals surface area contributed by atoms with Gasteiger partial charge >= 0.3 is 0 Å². The first-order valence-corrected chi connectivity index (χ1v) is 9.59. The lowest BCUT2D eigenvalue weighted by Gasteiger charge is -2.10. The van der Waals surface area contributed by atoms with Crippen LogP contribution in [-0.2, 0) is 11.2 Å². The second kappa shape index (κ2) is 8.69. The monoisotopic (exact) mass is 383 g/mol. The quantitative estimate of drug-likeness (QED) is 0.558. The molecule has 3 rings (SSSR count). The molecule has 6 nitrogen and oxygen atoms in total. The molecule has 1 aromatic heterocycles. The predicted octanol–water partition coefficient (Wildman–Crippen LogP) is 3.30. The molecule has 1 aliphatic carbocycles. The van der Waals surface area contributed by atoms with Gasteiger partial charge < -0.3 is 14.8 Å². The number of aromatic nitrogens is 1. The number of amides is 1. The maximum atomic E-state index is 12.3. The average molecular weight is 383 g/mol. The smallest absolute Gasteiger partial charge is 0.262 e. The van der Waals surface area contributed by atoms with Gasteiger partial charge in [0.2, 0.25) is 0 Å². The van der Waals surface area contributed by atoms with Gasteiger partial charge in [0.1, 0.15) is 11.6 Å². The number of hydrogen-bond donors (Lipinski definition) is 1. The molecule has 1 N–H and O–H groups in total. The Balaban J connectivity index is 1.57. The summed E-state index contributed by atoms with van der Waals surface area (Å²) < 4.78 is 10.5. The number of hydrogen-bond acceptors (Lipinski definition) is 6. The number of rotatable bonds is 8. The summed E-state index contributed by atoms with van der Waals surface area (Å²) in [5.74, 6) is 1.49. The number of ether oxygens (including phenoxy) is 2. The molecule has 1 amide bonds. The zero-order valence-electron chi connectivity index (χ0n) is 15.3. The van der Waals surface area contributed by atoms with Crippen LogP contribution in [0.15, 0.2) is 29.2 Å². The maximum Gasteiger partial charge on any atom is 0.262 e. The molecule has 140 valence electrons. The van der Waals surface area contributed by atoms with E-state index >= 15 is 0 Å². The van der Waals surface area contributed by atoms with Crippen LogP contribution in [0, 0.1) is 11.3 Å². The van der Waals surface area contributed by atoms with E-state index in [1.54, 1.807) is 31.6 Å². The molecule has 1 saturated carbocycles. The first kappa shape index (κ1) is 18.9. The van der Waals surface area contributed by atoms with E-state index in [1.165, 1.54) is 12.8 Å².